The van der Waals surface area contributed by atoms with Gasteiger partial charge >= 0.3 is 5.97 Å². The third-order valence-corrected chi connectivity index (χ3v) is 3.88. The Morgan fingerprint density at radius 2 is 1.82 bits per heavy atom. The fourth-order valence-electron chi connectivity index (χ4n) is 2.52. The summed E-state index contributed by atoms with van der Waals surface area (Å²) in [6.45, 7) is 0. The molecule has 0 unspecified atom stereocenters. The van der Waals surface area contributed by atoms with Crippen molar-refractivity contribution in [3.63, 3.8) is 0 Å². The molecule has 3 aromatic rings. The molecule has 28 heavy (non-hydrogen) atoms. The van der Waals surface area contributed by atoms with Crippen LogP contribution in [0.1, 0.15) is 15.9 Å². The van der Waals surface area contributed by atoms with Crippen LogP contribution in [-0.4, -0.2) is 24.0 Å². The van der Waals surface area contributed by atoms with Gasteiger partial charge in [-0.25, -0.2) is 14.2 Å². The van der Waals surface area contributed by atoms with Crippen molar-refractivity contribution in [3.8, 4) is 0 Å². The fraction of sp³-hybridized carbons (Fsp3) is 0.0952. The number of amides is 1. The Balaban J connectivity index is 1.59. The largest absolute Gasteiger partial charge is 0.465 e. The summed E-state index contributed by atoms with van der Waals surface area (Å²) in [6.07, 6.45) is 1.70. The second-order valence-corrected chi connectivity index (χ2v) is 5.98. The number of nitrogens with one attached hydrogen (secondary N) is 2. The summed E-state index contributed by atoms with van der Waals surface area (Å²) < 4.78 is 17.6. The Morgan fingerprint density at radius 3 is 2.50 bits per heavy atom. The van der Waals surface area contributed by atoms with E-state index in [1.54, 1.807) is 48.7 Å². The molecule has 0 aliphatic heterocycles. The molecule has 0 saturated heterocycles. The van der Waals surface area contributed by atoms with E-state index in [-0.39, 0.29) is 18.1 Å². The standard InChI is InChI=1S/C21H18FN3O3/c1-28-21(27)15-3-2-4-17(12-15)24-18-9-10-19(23-13-18)25-20(26)11-14-5-7-16(22)8-6-14/h2-10,12-13,24H,11H2,1H3,(H,23,25,26). The van der Waals surface area contributed by atoms with E-state index in [0.717, 1.165) is 0 Å². The van der Waals surface area contributed by atoms with Crippen molar-refractivity contribution in [3.05, 3.63) is 83.8 Å². The maximum absolute atomic E-state index is 12.9. The SMILES string of the molecule is COC(=O)c1cccc(Nc2ccc(NC(=O)Cc3ccc(F)cc3)nc2)c1. The lowest BCUT2D eigenvalue weighted by Gasteiger charge is -2.09. The van der Waals surface area contributed by atoms with Gasteiger partial charge < -0.3 is 15.4 Å². The number of rotatable bonds is 6. The molecule has 0 aliphatic carbocycles. The first kappa shape index (κ1) is 19.0. The third kappa shape index (κ3) is 5.14. The number of carbonyl (C=O) groups is 2. The van der Waals surface area contributed by atoms with Crippen molar-refractivity contribution >= 4 is 29.1 Å². The molecule has 0 aliphatic rings. The Labute approximate surface area is 161 Å². The van der Waals surface area contributed by atoms with Crippen LogP contribution in [0.15, 0.2) is 66.9 Å². The number of hydrogen-bond donors (Lipinski definition) is 2. The van der Waals surface area contributed by atoms with Gasteiger partial charge in [0.05, 0.1) is 31.0 Å². The monoisotopic (exact) mass is 379 g/mol. The molecule has 0 bridgehead atoms. The second-order valence-electron chi connectivity index (χ2n) is 5.98. The highest BCUT2D eigenvalue weighted by molar-refractivity contribution is 5.92. The van der Waals surface area contributed by atoms with E-state index >= 15 is 0 Å². The van der Waals surface area contributed by atoms with Crippen LogP contribution in [-0.2, 0) is 16.0 Å². The number of benzene rings is 2. The molecule has 0 atom stereocenters. The summed E-state index contributed by atoms with van der Waals surface area (Å²) in [5.74, 6) is -0.599. The lowest BCUT2D eigenvalue weighted by atomic mass is 10.1. The van der Waals surface area contributed by atoms with Crippen LogP contribution in [0.3, 0.4) is 0 Å². The van der Waals surface area contributed by atoms with Crippen LogP contribution in [0.5, 0.6) is 0 Å². The molecule has 6 nitrogen and oxygen atoms in total. The topological polar surface area (TPSA) is 80.3 Å². The number of esters is 1. The Morgan fingerprint density at radius 1 is 1.04 bits per heavy atom. The van der Waals surface area contributed by atoms with Gasteiger partial charge in [-0.2, -0.15) is 0 Å². The molecule has 3 rings (SSSR count). The van der Waals surface area contributed by atoms with E-state index in [9.17, 15) is 14.0 Å². The number of pyridine rings is 1. The average molecular weight is 379 g/mol. The smallest absolute Gasteiger partial charge is 0.337 e. The first-order valence-corrected chi connectivity index (χ1v) is 8.49. The minimum atomic E-state index is -0.416. The number of anilines is 3. The highest BCUT2D eigenvalue weighted by Gasteiger charge is 2.07. The van der Waals surface area contributed by atoms with Gasteiger partial charge in [0, 0.05) is 5.69 Å². The van der Waals surface area contributed by atoms with Crippen molar-refractivity contribution in [1.82, 2.24) is 4.98 Å². The zero-order valence-electron chi connectivity index (χ0n) is 15.1. The van der Waals surface area contributed by atoms with Gasteiger partial charge in [0.25, 0.3) is 0 Å². The van der Waals surface area contributed by atoms with Gasteiger partial charge in [-0.05, 0) is 48.0 Å². The number of halogens is 1. The molecule has 2 N–H and O–H groups in total. The minimum absolute atomic E-state index is 0.127. The summed E-state index contributed by atoms with van der Waals surface area (Å²) in [7, 11) is 1.33. The lowest BCUT2D eigenvalue weighted by Crippen LogP contribution is -2.15. The number of nitrogens with zero attached hydrogens (tertiary/aromatic N) is 1. The quantitative estimate of drug-likeness (QED) is 0.635. The van der Waals surface area contributed by atoms with E-state index < -0.39 is 5.97 Å². The zero-order valence-corrected chi connectivity index (χ0v) is 15.1. The van der Waals surface area contributed by atoms with E-state index in [0.29, 0.717) is 28.3 Å². The molecule has 1 amide bonds. The summed E-state index contributed by atoms with van der Waals surface area (Å²) >= 11 is 0. The van der Waals surface area contributed by atoms with Gasteiger partial charge in [0.15, 0.2) is 0 Å². The van der Waals surface area contributed by atoms with Crippen LogP contribution < -0.4 is 10.6 Å². The predicted octanol–water partition coefficient (Wildman–Crippen LogP) is 3.93. The van der Waals surface area contributed by atoms with Gasteiger partial charge in [-0.15, -0.1) is 0 Å². The molecule has 1 heterocycles. The third-order valence-electron chi connectivity index (χ3n) is 3.88. The van der Waals surface area contributed by atoms with Crippen molar-refractivity contribution in [2.75, 3.05) is 17.7 Å². The van der Waals surface area contributed by atoms with Crippen LogP contribution in [0.4, 0.5) is 21.6 Å². The molecular formula is C21H18FN3O3. The summed E-state index contributed by atoms with van der Waals surface area (Å²) in [4.78, 5) is 27.9. The average Bonchev–Trinajstić information content (AvgIpc) is 2.71. The molecular weight excluding hydrogens is 361 g/mol. The number of methoxy groups -OCH3 is 1. The van der Waals surface area contributed by atoms with Gasteiger partial charge in [0.2, 0.25) is 5.91 Å². The van der Waals surface area contributed by atoms with Crippen LogP contribution >= 0.6 is 0 Å². The highest BCUT2D eigenvalue weighted by Crippen LogP contribution is 2.19. The maximum atomic E-state index is 12.9. The van der Waals surface area contributed by atoms with Crippen molar-refractivity contribution in [2.24, 2.45) is 0 Å². The maximum Gasteiger partial charge on any atom is 0.337 e. The molecule has 7 heteroatoms. The highest BCUT2D eigenvalue weighted by atomic mass is 19.1. The first-order chi connectivity index (χ1) is 13.5. The Hall–Kier alpha value is -3.74. The summed E-state index contributed by atoms with van der Waals surface area (Å²) in [6, 6.07) is 16.1. The van der Waals surface area contributed by atoms with E-state index in [2.05, 4.69) is 15.6 Å². The zero-order chi connectivity index (χ0) is 19.9. The molecule has 2 aromatic carbocycles. The van der Waals surface area contributed by atoms with E-state index in [1.165, 1.54) is 19.2 Å². The van der Waals surface area contributed by atoms with Crippen LogP contribution in [0.25, 0.3) is 0 Å². The molecule has 0 radical (unpaired) electrons. The minimum Gasteiger partial charge on any atom is -0.465 e. The van der Waals surface area contributed by atoms with Gasteiger partial charge in [-0.3, -0.25) is 4.79 Å². The lowest BCUT2D eigenvalue weighted by molar-refractivity contribution is -0.115. The molecule has 0 spiro atoms. The molecule has 0 fully saturated rings. The Bertz CT molecular complexity index is 973. The van der Waals surface area contributed by atoms with E-state index in [1.807, 2.05) is 6.07 Å². The summed E-state index contributed by atoms with van der Waals surface area (Å²) in [5.41, 5.74) is 2.55. The normalized spacial score (nSPS) is 10.2. The molecule has 142 valence electrons. The fourth-order valence-corrected chi connectivity index (χ4v) is 2.52. The van der Waals surface area contributed by atoms with Crippen molar-refractivity contribution < 1.29 is 18.7 Å². The van der Waals surface area contributed by atoms with Crippen LogP contribution in [0, 0.1) is 5.82 Å². The second kappa shape index (κ2) is 8.77. The predicted molar refractivity (Wildman–Crippen MR) is 104 cm³/mol. The summed E-state index contributed by atoms with van der Waals surface area (Å²) in [5, 5.41) is 5.83. The number of ether oxygens (including phenoxy) is 1. The van der Waals surface area contributed by atoms with Crippen molar-refractivity contribution in [2.45, 2.75) is 6.42 Å². The van der Waals surface area contributed by atoms with E-state index in [4.69, 9.17) is 4.74 Å². The van der Waals surface area contributed by atoms with Gasteiger partial charge in [0.1, 0.15) is 11.6 Å². The molecule has 1 aromatic heterocycles. The van der Waals surface area contributed by atoms with Gasteiger partial charge in [-0.1, -0.05) is 18.2 Å². The van der Waals surface area contributed by atoms with Crippen molar-refractivity contribution in [1.29, 1.82) is 0 Å². The first-order valence-electron chi connectivity index (χ1n) is 8.49. The van der Waals surface area contributed by atoms with Crippen LogP contribution in [0.2, 0.25) is 0 Å². The number of hydrogen-bond acceptors (Lipinski definition) is 5. The molecule has 0 saturated carbocycles. The number of carbonyl (C=O) groups excluding carboxylic acids is 2. The number of aromatic nitrogens is 1. The Kier molecular flexibility index (Phi) is 5.96.